The van der Waals surface area contributed by atoms with Crippen molar-refractivity contribution in [2.75, 3.05) is 35.0 Å². The molecule has 2 atom stereocenters. The number of hydrogen-bond donors (Lipinski definition) is 0. The Labute approximate surface area is 165 Å². The first kappa shape index (κ1) is 21.3. The van der Waals surface area contributed by atoms with Gasteiger partial charge in [0.05, 0.1) is 34.4 Å². The van der Waals surface area contributed by atoms with E-state index in [-0.39, 0.29) is 5.91 Å². The number of carbonyl (C=O) groups excluding carboxylic acids is 2. The molecule has 1 aliphatic rings. The number of amides is 1. The van der Waals surface area contributed by atoms with E-state index in [0.717, 1.165) is 0 Å². The Bertz CT molecular complexity index is 732. The number of allylic oxidation sites excluding steroid dienone is 1. The molecule has 0 aliphatic carbocycles. The van der Waals surface area contributed by atoms with E-state index in [4.69, 9.17) is 18.9 Å². The second kappa shape index (κ2) is 9.82. The third-order valence-corrected chi connectivity index (χ3v) is 4.75. The summed E-state index contributed by atoms with van der Waals surface area (Å²) in [6.45, 7) is 4.12. The van der Waals surface area contributed by atoms with Gasteiger partial charge in [0.25, 0.3) is 0 Å². The van der Waals surface area contributed by atoms with Crippen LogP contribution in [-0.4, -0.2) is 57.8 Å². The topological polar surface area (TPSA) is 74.3 Å². The normalized spacial score (nSPS) is 16.9. The quantitative estimate of drug-likeness (QED) is 0.503. The second-order valence-electron chi connectivity index (χ2n) is 6.27. The third-order valence-electron chi connectivity index (χ3n) is 4.75. The van der Waals surface area contributed by atoms with Gasteiger partial charge in [0, 0.05) is 6.54 Å². The molecule has 0 fully saturated rings. The summed E-state index contributed by atoms with van der Waals surface area (Å²) < 4.78 is 21.0. The molecule has 2 rings (SSSR count). The summed E-state index contributed by atoms with van der Waals surface area (Å²) in [5.41, 5.74) is 0.692. The Morgan fingerprint density at radius 3 is 2.29 bits per heavy atom. The minimum Gasteiger partial charge on any atom is -0.493 e. The van der Waals surface area contributed by atoms with Crippen LogP contribution in [0.4, 0.5) is 0 Å². The lowest BCUT2D eigenvalue weighted by molar-refractivity contribution is -0.153. The van der Waals surface area contributed by atoms with Crippen molar-refractivity contribution in [3.8, 4) is 17.2 Å². The fourth-order valence-corrected chi connectivity index (χ4v) is 3.32. The van der Waals surface area contributed by atoms with Crippen LogP contribution in [0.5, 0.6) is 17.2 Å². The van der Waals surface area contributed by atoms with Crippen LogP contribution < -0.4 is 14.2 Å². The Morgan fingerprint density at radius 1 is 1.14 bits per heavy atom. The molecule has 0 saturated carbocycles. The van der Waals surface area contributed by atoms with Crippen molar-refractivity contribution in [2.24, 2.45) is 0 Å². The Kier molecular flexibility index (Phi) is 7.49. The monoisotopic (exact) mass is 389 g/mol. The van der Waals surface area contributed by atoms with Gasteiger partial charge in [-0.25, -0.2) is 4.79 Å². The van der Waals surface area contributed by atoms with Gasteiger partial charge in [0.2, 0.25) is 11.7 Å². The van der Waals surface area contributed by atoms with Crippen LogP contribution in [0.2, 0.25) is 0 Å². The third kappa shape index (κ3) is 4.30. The molecule has 7 nitrogen and oxygen atoms in total. The molecule has 0 N–H and O–H groups in total. The van der Waals surface area contributed by atoms with E-state index in [0.29, 0.717) is 42.2 Å². The zero-order chi connectivity index (χ0) is 20.7. The lowest BCUT2D eigenvalue weighted by Gasteiger charge is -2.34. The van der Waals surface area contributed by atoms with E-state index < -0.39 is 17.9 Å². The van der Waals surface area contributed by atoms with Gasteiger partial charge in [-0.1, -0.05) is 18.2 Å². The van der Waals surface area contributed by atoms with Crippen molar-refractivity contribution in [1.82, 2.24) is 4.90 Å². The number of hydrogen-bond acceptors (Lipinski definition) is 6. The van der Waals surface area contributed by atoms with E-state index in [1.807, 2.05) is 12.2 Å². The van der Waals surface area contributed by atoms with Crippen molar-refractivity contribution in [1.29, 1.82) is 0 Å². The summed E-state index contributed by atoms with van der Waals surface area (Å²) in [6.07, 6.45) is 6.25. The summed E-state index contributed by atoms with van der Waals surface area (Å²) in [6, 6.07) is 2.86. The van der Waals surface area contributed by atoms with E-state index in [9.17, 15) is 9.59 Å². The van der Waals surface area contributed by atoms with Crippen LogP contribution in [0.1, 0.15) is 24.3 Å². The van der Waals surface area contributed by atoms with Crippen molar-refractivity contribution < 1.29 is 28.5 Å². The van der Waals surface area contributed by atoms with Gasteiger partial charge in [-0.2, -0.15) is 0 Å². The highest BCUT2D eigenvalue weighted by Gasteiger charge is 2.35. The Hall–Kier alpha value is -2.96. The molecule has 1 aliphatic heterocycles. The van der Waals surface area contributed by atoms with Crippen LogP contribution in [0.15, 0.2) is 36.9 Å². The van der Waals surface area contributed by atoms with Crippen LogP contribution in [0.25, 0.3) is 0 Å². The van der Waals surface area contributed by atoms with Crippen LogP contribution in [0.3, 0.4) is 0 Å². The molecular formula is C21H27NO6. The number of carbonyl (C=O) groups is 2. The van der Waals surface area contributed by atoms with Gasteiger partial charge in [-0.15, -0.1) is 6.58 Å². The van der Waals surface area contributed by atoms with Gasteiger partial charge in [-0.3, -0.25) is 4.79 Å². The van der Waals surface area contributed by atoms with Crippen molar-refractivity contribution >= 4 is 11.9 Å². The number of ether oxygens (including phenoxy) is 4. The fourth-order valence-electron chi connectivity index (χ4n) is 3.32. The standard InChI is InChI=1S/C21H27NO6/c1-6-9-15(14-12-17(25-2)19(27-4)18(13-14)26-3)20(23)22-11-8-7-10-16(22)21(24)28-5/h6-8,12-13,15-16H,1,9-11H2,2-5H3/t15-,16-/m0/s1. The molecule has 7 heteroatoms. The molecule has 0 unspecified atom stereocenters. The van der Waals surface area contributed by atoms with Gasteiger partial charge >= 0.3 is 5.97 Å². The fraction of sp³-hybridized carbons (Fsp3) is 0.429. The molecule has 1 aromatic carbocycles. The Balaban J connectivity index is 2.47. The molecule has 0 bridgehead atoms. The number of nitrogens with zero attached hydrogens (tertiary/aromatic N) is 1. The summed E-state index contributed by atoms with van der Waals surface area (Å²) in [7, 11) is 5.89. The minimum absolute atomic E-state index is 0.186. The summed E-state index contributed by atoms with van der Waals surface area (Å²) in [4.78, 5) is 27.1. The largest absolute Gasteiger partial charge is 0.493 e. The predicted molar refractivity (Wildman–Crippen MR) is 105 cm³/mol. The maximum atomic E-state index is 13.4. The average Bonchev–Trinajstić information content (AvgIpc) is 2.75. The van der Waals surface area contributed by atoms with Gasteiger partial charge in [-0.05, 0) is 30.5 Å². The molecule has 0 saturated heterocycles. The predicted octanol–water partition coefficient (Wildman–Crippen LogP) is 2.70. The molecule has 152 valence electrons. The molecule has 0 spiro atoms. The van der Waals surface area contributed by atoms with Gasteiger partial charge in [0.15, 0.2) is 11.5 Å². The highest BCUT2D eigenvalue weighted by molar-refractivity contribution is 5.89. The number of benzene rings is 1. The first-order valence-electron chi connectivity index (χ1n) is 8.96. The van der Waals surface area contributed by atoms with E-state index in [1.54, 1.807) is 23.1 Å². The maximum Gasteiger partial charge on any atom is 0.328 e. The summed E-state index contributed by atoms with van der Waals surface area (Å²) in [5, 5.41) is 0. The second-order valence-corrected chi connectivity index (χ2v) is 6.27. The molecule has 0 aromatic heterocycles. The first-order valence-corrected chi connectivity index (χ1v) is 8.96. The zero-order valence-corrected chi connectivity index (χ0v) is 16.8. The SMILES string of the molecule is C=CC[C@H](C(=O)N1CC=CC[C@H]1C(=O)OC)c1cc(OC)c(OC)c(OC)c1. The number of rotatable bonds is 8. The first-order chi connectivity index (χ1) is 13.5. The molecule has 1 aromatic rings. The molecule has 1 heterocycles. The average molecular weight is 389 g/mol. The van der Waals surface area contributed by atoms with Crippen molar-refractivity contribution in [2.45, 2.75) is 24.8 Å². The summed E-state index contributed by atoms with van der Waals surface area (Å²) in [5.74, 6) is 0.203. The number of methoxy groups -OCH3 is 4. The Morgan fingerprint density at radius 2 is 1.79 bits per heavy atom. The molecular weight excluding hydrogens is 362 g/mol. The summed E-state index contributed by atoms with van der Waals surface area (Å²) >= 11 is 0. The van der Waals surface area contributed by atoms with E-state index in [2.05, 4.69) is 6.58 Å². The van der Waals surface area contributed by atoms with Crippen molar-refractivity contribution in [3.05, 3.63) is 42.5 Å². The van der Waals surface area contributed by atoms with Crippen LogP contribution >= 0.6 is 0 Å². The lowest BCUT2D eigenvalue weighted by atomic mass is 9.92. The molecule has 28 heavy (non-hydrogen) atoms. The lowest BCUT2D eigenvalue weighted by Crippen LogP contribution is -2.48. The zero-order valence-electron chi connectivity index (χ0n) is 16.8. The highest BCUT2D eigenvalue weighted by atomic mass is 16.5. The molecule has 1 amide bonds. The van der Waals surface area contributed by atoms with E-state index >= 15 is 0 Å². The highest BCUT2D eigenvalue weighted by Crippen LogP contribution is 2.41. The van der Waals surface area contributed by atoms with Crippen molar-refractivity contribution in [3.63, 3.8) is 0 Å². The van der Waals surface area contributed by atoms with Crippen LogP contribution in [0, 0.1) is 0 Å². The molecule has 0 radical (unpaired) electrons. The van der Waals surface area contributed by atoms with E-state index in [1.165, 1.54) is 28.4 Å². The maximum absolute atomic E-state index is 13.4. The van der Waals surface area contributed by atoms with Gasteiger partial charge < -0.3 is 23.8 Å². The number of esters is 1. The van der Waals surface area contributed by atoms with Gasteiger partial charge in [0.1, 0.15) is 6.04 Å². The smallest absolute Gasteiger partial charge is 0.328 e. The van der Waals surface area contributed by atoms with Crippen LogP contribution in [-0.2, 0) is 14.3 Å². The minimum atomic E-state index is -0.642.